The Morgan fingerprint density at radius 2 is 1.87 bits per heavy atom. The SMILES string of the molecule is Cc1ccc2c(NS(=O)(=O)N(C)CCC(F)(F)F)c(F)ccc2c1Oc1ncccc1-c1ccnc(N[C@H]2CCCNC2)n1.Cl. The van der Waals surface area contributed by atoms with Crippen LogP contribution in [0.5, 0.6) is 11.6 Å². The molecule has 242 valence electrons. The number of halogens is 5. The number of fused-ring (bicyclic) bond motifs is 1. The van der Waals surface area contributed by atoms with E-state index in [2.05, 4.69) is 30.3 Å². The molecule has 45 heavy (non-hydrogen) atoms. The van der Waals surface area contributed by atoms with E-state index >= 15 is 4.39 Å². The summed E-state index contributed by atoms with van der Waals surface area (Å²) in [6, 6.07) is 11.1. The molecule has 2 aromatic carbocycles. The van der Waals surface area contributed by atoms with Gasteiger partial charge in [-0.1, -0.05) is 12.1 Å². The number of alkyl halides is 3. The van der Waals surface area contributed by atoms with E-state index in [4.69, 9.17) is 4.74 Å². The first-order valence-electron chi connectivity index (χ1n) is 13.9. The number of rotatable bonds is 10. The van der Waals surface area contributed by atoms with Crippen LogP contribution in [0.2, 0.25) is 0 Å². The molecule has 2 aromatic heterocycles. The molecule has 1 atom stereocenters. The van der Waals surface area contributed by atoms with Crippen molar-refractivity contribution < 1.29 is 30.7 Å². The van der Waals surface area contributed by atoms with Crippen LogP contribution in [0.25, 0.3) is 22.0 Å². The highest BCUT2D eigenvalue weighted by molar-refractivity contribution is 7.90. The summed E-state index contributed by atoms with van der Waals surface area (Å²) >= 11 is 0. The molecule has 1 aliphatic rings. The molecule has 10 nitrogen and oxygen atoms in total. The van der Waals surface area contributed by atoms with Gasteiger partial charge in [0.15, 0.2) is 0 Å². The molecule has 16 heteroatoms. The third-order valence-electron chi connectivity index (χ3n) is 7.18. The Labute approximate surface area is 264 Å². The molecule has 0 spiro atoms. The second-order valence-corrected chi connectivity index (χ2v) is 12.2. The van der Waals surface area contributed by atoms with Gasteiger partial charge in [0.25, 0.3) is 0 Å². The summed E-state index contributed by atoms with van der Waals surface area (Å²) in [5, 5.41) is 7.19. The number of piperidine rings is 1. The Balaban J connectivity index is 0.00000461. The van der Waals surface area contributed by atoms with Crippen molar-refractivity contribution in [3.63, 3.8) is 0 Å². The van der Waals surface area contributed by atoms with E-state index in [0.29, 0.717) is 32.5 Å². The molecule has 0 amide bonds. The number of aryl methyl sites for hydroxylation is 1. The lowest BCUT2D eigenvalue weighted by molar-refractivity contribution is -0.135. The molecule has 1 fully saturated rings. The van der Waals surface area contributed by atoms with Gasteiger partial charge in [-0.05, 0) is 62.2 Å². The van der Waals surface area contributed by atoms with Crippen LogP contribution in [0.1, 0.15) is 24.8 Å². The molecule has 0 radical (unpaired) electrons. The summed E-state index contributed by atoms with van der Waals surface area (Å²) in [6.45, 7) is 2.71. The quantitative estimate of drug-likeness (QED) is 0.174. The lowest BCUT2D eigenvalue weighted by Crippen LogP contribution is -2.38. The van der Waals surface area contributed by atoms with Gasteiger partial charge in [-0.2, -0.15) is 25.9 Å². The maximum atomic E-state index is 15.0. The first-order chi connectivity index (χ1) is 20.9. The fraction of sp³-hybridized carbons (Fsp3) is 0.345. The number of hydrogen-bond donors (Lipinski definition) is 3. The van der Waals surface area contributed by atoms with Crippen molar-refractivity contribution in [3.8, 4) is 22.9 Å². The Kier molecular flexibility index (Phi) is 10.7. The molecule has 3 heterocycles. The van der Waals surface area contributed by atoms with Crippen LogP contribution in [0.3, 0.4) is 0 Å². The van der Waals surface area contributed by atoms with Crippen LogP contribution in [-0.2, 0) is 10.2 Å². The summed E-state index contributed by atoms with van der Waals surface area (Å²) in [5.74, 6) is 0.0344. The van der Waals surface area contributed by atoms with Crippen LogP contribution in [-0.4, -0.2) is 66.6 Å². The Bertz CT molecular complexity index is 1760. The first kappa shape index (κ1) is 34.1. The first-order valence-corrected chi connectivity index (χ1v) is 15.3. The summed E-state index contributed by atoms with van der Waals surface area (Å²) in [5.41, 5.74) is 1.34. The molecular formula is C29H32ClF4N7O3S. The van der Waals surface area contributed by atoms with Crippen LogP contribution < -0.4 is 20.1 Å². The molecule has 5 rings (SSSR count). The second-order valence-electron chi connectivity index (χ2n) is 10.4. The lowest BCUT2D eigenvalue weighted by Gasteiger charge is -2.23. The van der Waals surface area contributed by atoms with Gasteiger partial charge in [0.1, 0.15) is 11.6 Å². The fourth-order valence-electron chi connectivity index (χ4n) is 4.81. The van der Waals surface area contributed by atoms with Gasteiger partial charge in [-0.15, -0.1) is 12.4 Å². The average Bonchev–Trinajstić information content (AvgIpc) is 2.99. The number of aromatic nitrogens is 3. The average molecular weight is 670 g/mol. The molecule has 1 aliphatic heterocycles. The van der Waals surface area contributed by atoms with Gasteiger partial charge in [0.05, 0.1) is 23.4 Å². The summed E-state index contributed by atoms with van der Waals surface area (Å²) in [7, 11) is -3.54. The zero-order valence-electron chi connectivity index (χ0n) is 24.4. The molecule has 3 N–H and O–H groups in total. The molecule has 0 bridgehead atoms. The minimum absolute atomic E-state index is 0. The van der Waals surface area contributed by atoms with Gasteiger partial charge >= 0.3 is 16.4 Å². The van der Waals surface area contributed by atoms with Crippen molar-refractivity contribution in [1.82, 2.24) is 24.6 Å². The van der Waals surface area contributed by atoms with E-state index in [1.807, 2.05) is 0 Å². The van der Waals surface area contributed by atoms with Crippen molar-refractivity contribution in [1.29, 1.82) is 0 Å². The zero-order chi connectivity index (χ0) is 31.5. The number of hydrogen-bond acceptors (Lipinski definition) is 8. The maximum absolute atomic E-state index is 15.0. The normalized spacial score (nSPS) is 15.5. The Morgan fingerprint density at radius 1 is 1.09 bits per heavy atom. The zero-order valence-corrected chi connectivity index (χ0v) is 26.0. The summed E-state index contributed by atoms with van der Waals surface area (Å²) in [4.78, 5) is 13.4. The highest BCUT2D eigenvalue weighted by atomic mass is 35.5. The molecule has 0 aliphatic carbocycles. The van der Waals surface area contributed by atoms with Crippen molar-refractivity contribution in [2.75, 3.05) is 36.7 Å². The highest BCUT2D eigenvalue weighted by Crippen LogP contribution is 2.40. The summed E-state index contributed by atoms with van der Waals surface area (Å²) in [6.07, 6.45) is -0.695. The van der Waals surface area contributed by atoms with Gasteiger partial charge < -0.3 is 15.4 Å². The van der Waals surface area contributed by atoms with Crippen LogP contribution in [0.15, 0.2) is 54.9 Å². The van der Waals surface area contributed by atoms with Crippen LogP contribution in [0.4, 0.5) is 29.2 Å². The molecule has 0 unspecified atom stereocenters. The number of nitrogens with zero attached hydrogens (tertiary/aromatic N) is 4. The topological polar surface area (TPSA) is 121 Å². The van der Waals surface area contributed by atoms with E-state index in [9.17, 15) is 21.6 Å². The van der Waals surface area contributed by atoms with E-state index in [0.717, 1.165) is 39.0 Å². The van der Waals surface area contributed by atoms with Crippen molar-refractivity contribution in [3.05, 3.63) is 66.2 Å². The van der Waals surface area contributed by atoms with Crippen molar-refractivity contribution in [2.24, 2.45) is 0 Å². The predicted octanol–water partition coefficient (Wildman–Crippen LogP) is 6.06. The van der Waals surface area contributed by atoms with E-state index < -0.39 is 40.9 Å². The minimum Gasteiger partial charge on any atom is -0.437 e. The Hall–Kier alpha value is -3.79. The lowest BCUT2D eigenvalue weighted by atomic mass is 10.0. The van der Waals surface area contributed by atoms with Gasteiger partial charge in [-0.3, -0.25) is 4.72 Å². The van der Waals surface area contributed by atoms with Crippen molar-refractivity contribution >= 4 is 45.0 Å². The molecular weight excluding hydrogens is 638 g/mol. The van der Waals surface area contributed by atoms with Crippen LogP contribution in [0, 0.1) is 12.7 Å². The maximum Gasteiger partial charge on any atom is 0.390 e. The molecule has 0 saturated carbocycles. The van der Waals surface area contributed by atoms with E-state index in [1.54, 1.807) is 43.6 Å². The number of ether oxygens (including phenoxy) is 1. The number of anilines is 2. The summed E-state index contributed by atoms with van der Waals surface area (Å²) < 4.78 is 87.6. The highest BCUT2D eigenvalue weighted by Gasteiger charge is 2.30. The number of nitrogens with one attached hydrogen (secondary N) is 3. The van der Waals surface area contributed by atoms with Gasteiger partial charge in [0, 0.05) is 49.3 Å². The fourth-order valence-corrected chi connectivity index (χ4v) is 5.76. The minimum atomic E-state index is -4.56. The predicted molar refractivity (Wildman–Crippen MR) is 167 cm³/mol. The number of pyridine rings is 1. The second kappa shape index (κ2) is 14.1. The third kappa shape index (κ3) is 8.28. The smallest absolute Gasteiger partial charge is 0.390 e. The largest absolute Gasteiger partial charge is 0.437 e. The van der Waals surface area contributed by atoms with Crippen molar-refractivity contribution in [2.45, 2.75) is 38.4 Å². The van der Waals surface area contributed by atoms with E-state index in [1.165, 1.54) is 12.1 Å². The van der Waals surface area contributed by atoms with Crippen LogP contribution >= 0.6 is 12.4 Å². The molecule has 4 aromatic rings. The van der Waals surface area contributed by atoms with Gasteiger partial charge in [-0.25, -0.2) is 19.3 Å². The monoisotopic (exact) mass is 669 g/mol. The molecule has 1 saturated heterocycles. The van der Waals surface area contributed by atoms with Gasteiger partial charge in [0.2, 0.25) is 11.8 Å². The standard InChI is InChI=1S/C29H31F4N7O3S.ClH/c1-18-7-8-20-21(9-10-23(30)25(20)39-44(41,42)40(2)16-12-29(31,32)33)26(18)43-27-22(6-4-14-35-27)24-11-15-36-28(38-24)37-19-5-3-13-34-17-19;/h4,6-11,14-15,19,34,39H,3,5,12-13,16-17H2,1-2H3,(H,36,37,38);1H/t19-;/m0./s1. The Morgan fingerprint density at radius 3 is 2.60 bits per heavy atom. The third-order valence-corrected chi connectivity index (χ3v) is 8.65. The van der Waals surface area contributed by atoms with E-state index in [-0.39, 0.29) is 35.5 Å². The number of benzene rings is 2.